The Kier molecular flexibility index (Phi) is 4.59. The zero-order valence-electron chi connectivity index (χ0n) is 9.69. The quantitative estimate of drug-likeness (QED) is 0.930. The number of nitrogens with two attached hydrogens (primary N) is 1. The molecule has 2 heterocycles. The molecule has 0 aliphatic carbocycles. The average Bonchev–Trinajstić information content (AvgIpc) is 2.74. The van der Waals surface area contributed by atoms with Crippen LogP contribution in [0.1, 0.15) is 24.1 Å². The van der Waals surface area contributed by atoms with Crippen molar-refractivity contribution in [3.8, 4) is 0 Å². The summed E-state index contributed by atoms with van der Waals surface area (Å²) in [4.78, 5) is 15.3. The van der Waals surface area contributed by atoms with E-state index in [0.29, 0.717) is 13.0 Å². The van der Waals surface area contributed by atoms with Crippen LogP contribution in [0.25, 0.3) is 0 Å². The predicted octanol–water partition coefficient (Wildman–Crippen LogP) is 2.39. The van der Waals surface area contributed by atoms with Crippen LogP contribution in [0.5, 0.6) is 0 Å². The molecule has 0 saturated carbocycles. The normalized spacial score (nSPS) is 20.6. The fourth-order valence-electron chi connectivity index (χ4n) is 2.27. The standard InChI is InChI=1S/C12H17BrN2OS/c13-11-5-4-10(17-11)7-12(16)15-6-2-1-3-9(15)8-14/h4-5,9H,1-3,6-8,14H2. The number of amides is 1. The van der Waals surface area contributed by atoms with Gasteiger partial charge in [-0.25, -0.2) is 0 Å². The van der Waals surface area contributed by atoms with Crippen LogP contribution in [0.2, 0.25) is 0 Å². The van der Waals surface area contributed by atoms with E-state index >= 15 is 0 Å². The maximum atomic E-state index is 12.2. The highest BCUT2D eigenvalue weighted by atomic mass is 79.9. The predicted molar refractivity (Wildman–Crippen MR) is 74.1 cm³/mol. The highest BCUT2D eigenvalue weighted by Crippen LogP contribution is 2.24. The van der Waals surface area contributed by atoms with Gasteiger partial charge in [0, 0.05) is 24.0 Å². The van der Waals surface area contributed by atoms with E-state index in [-0.39, 0.29) is 11.9 Å². The summed E-state index contributed by atoms with van der Waals surface area (Å²) in [6.45, 7) is 1.45. The average molecular weight is 317 g/mol. The summed E-state index contributed by atoms with van der Waals surface area (Å²) in [6, 6.07) is 4.25. The Morgan fingerprint density at radius 3 is 3.00 bits per heavy atom. The van der Waals surface area contributed by atoms with Gasteiger partial charge in [0.05, 0.1) is 10.2 Å². The SMILES string of the molecule is NCC1CCCCN1C(=O)Cc1ccc(Br)s1. The lowest BCUT2D eigenvalue weighted by Crippen LogP contribution is -2.47. The lowest BCUT2D eigenvalue weighted by molar-refractivity contribution is -0.133. The molecule has 1 atom stereocenters. The molecule has 94 valence electrons. The van der Waals surface area contributed by atoms with Gasteiger partial charge in [-0.2, -0.15) is 0 Å². The number of thiophene rings is 1. The summed E-state index contributed by atoms with van der Waals surface area (Å²) in [5.74, 6) is 0.217. The molecule has 1 fully saturated rings. The summed E-state index contributed by atoms with van der Waals surface area (Å²) >= 11 is 5.04. The zero-order valence-corrected chi connectivity index (χ0v) is 12.1. The van der Waals surface area contributed by atoms with Crippen LogP contribution in [-0.4, -0.2) is 29.9 Å². The van der Waals surface area contributed by atoms with Gasteiger partial charge in [-0.3, -0.25) is 4.79 Å². The topological polar surface area (TPSA) is 46.3 Å². The number of nitrogens with zero attached hydrogens (tertiary/aromatic N) is 1. The molecule has 1 aromatic rings. The van der Waals surface area contributed by atoms with Crippen molar-refractivity contribution in [3.63, 3.8) is 0 Å². The van der Waals surface area contributed by atoms with Gasteiger partial charge < -0.3 is 10.6 Å². The summed E-state index contributed by atoms with van der Waals surface area (Å²) < 4.78 is 1.08. The molecule has 0 aromatic carbocycles. The molecular weight excluding hydrogens is 300 g/mol. The summed E-state index contributed by atoms with van der Waals surface area (Å²) in [7, 11) is 0. The third kappa shape index (κ3) is 3.30. The summed E-state index contributed by atoms with van der Waals surface area (Å²) in [5.41, 5.74) is 5.73. The lowest BCUT2D eigenvalue weighted by Gasteiger charge is -2.35. The third-order valence-corrected chi connectivity index (χ3v) is 4.80. The molecule has 0 radical (unpaired) electrons. The van der Waals surface area contributed by atoms with Gasteiger partial charge in [0.2, 0.25) is 5.91 Å². The number of piperidine rings is 1. The van der Waals surface area contributed by atoms with E-state index in [2.05, 4.69) is 15.9 Å². The minimum atomic E-state index is 0.217. The first-order valence-electron chi connectivity index (χ1n) is 5.94. The number of carbonyl (C=O) groups is 1. The molecule has 17 heavy (non-hydrogen) atoms. The number of likely N-dealkylation sites (tertiary alicyclic amines) is 1. The second-order valence-electron chi connectivity index (χ2n) is 4.36. The van der Waals surface area contributed by atoms with Crippen LogP contribution < -0.4 is 5.73 Å². The van der Waals surface area contributed by atoms with E-state index in [1.165, 1.54) is 6.42 Å². The van der Waals surface area contributed by atoms with Crippen molar-refractivity contribution in [2.75, 3.05) is 13.1 Å². The molecule has 0 spiro atoms. The molecule has 1 aromatic heterocycles. The Bertz CT molecular complexity index is 394. The first-order chi connectivity index (χ1) is 8.20. The van der Waals surface area contributed by atoms with Crippen LogP contribution in [0, 0.1) is 0 Å². The Morgan fingerprint density at radius 1 is 1.53 bits per heavy atom. The van der Waals surface area contributed by atoms with Gasteiger partial charge in [-0.05, 0) is 47.3 Å². The van der Waals surface area contributed by atoms with Gasteiger partial charge in [0.15, 0.2) is 0 Å². The minimum Gasteiger partial charge on any atom is -0.338 e. The second kappa shape index (κ2) is 5.98. The van der Waals surface area contributed by atoms with Crippen molar-refractivity contribution in [1.82, 2.24) is 4.90 Å². The summed E-state index contributed by atoms with van der Waals surface area (Å²) in [6.07, 6.45) is 3.86. The van der Waals surface area contributed by atoms with Crippen molar-refractivity contribution >= 4 is 33.2 Å². The highest BCUT2D eigenvalue weighted by molar-refractivity contribution is 9.11. The molecule has 1 amide bonds. The Hall–Kier alpha value is -0.390. The smallest absolute Gasteiger partial charge is 0.228 e. The molecular formula is C12H17BrN2OS. The first kappa shape index (κ1) is 13.1. The third-order valence-electron chi connectivity index (χ3n) is 3.17. The first-order valence-corrected chi connectivity index (χ1v) is 7.55. The van der Waals surface area contributed by atoms with Gasteiger partial charge >= 0.3 is 0 Å². The van der Waals surface area contributed by atoms with Crippen molar-refractivity contribution in [1.29, 1.82) is 0 Å². The van der Waals surface area contributed by atoms with Crippen LogP contribution in [0.4, 0.5) is 0 Å². The molecule has 5 heteroatoms. The van der Waals surface area contributed by atoms with Gasteiger partial charge in [0.25, 0.3) is 0 Å². The fraction of sp³-hybridized carbons (Fsp3) is 0.583. The monoisotopic (exact) mass is 316 g/mol. The largest absolute Gasteiger partial charge is 0.338 e. The van der Waals surface area contributed by atoms with E-state index in [0.717, 1.165) is 28.0 Å². The van der Waals surface area contributed by atoms with Crippen molar-refractivity contribution in [2.45, 2.75) is 31.7 Å². The lowest BCUT2D eigenvalue weighted by atomic mass is 10.0. The highest BCUT2D eigenvalue weighted by Gasteiger charge is 2.25. The van der Waals surface area contributed by atoms with Crippen molar-refractivity contribution in [2.24, 2.45) is 5.73 Å². The van der Waals surface area contributed by atoms with Crippen LogP contribution in [0.3, 0.4) is 0 Å². The van der Waals surface area contributed by atoms with E-state index in [9.17, 15) is 4.79 Å². The molecule has 2 N–H and O–H groups in total. The van der Waals surface area contributed by atoms with Crippen molar-refractivity contribution < 1.29 is 4.79 Å². The Morgan fingerprint density at radius 2 is 2.35 bits per heavy atom. The van der Waals surface area contributed by atoms with Crippen LogP contribution in [-0.2, 0) is 11.2 Å². The number of hydrogen-bond acceptors (Lipinski definition) is 3. The number of rotatable bonds is 3. The molecule has 3 nitrogen and oxygen atoms in total. The van der Waals surface area contributed by atoms with Gasteiger partial charge in [-0.15, -0.1) is 11.3 Å². The van der Waals surface area contributed by atoms with E-state index in [4.69, 9.17) is 5.73 Å². The van der Waals surface area contributed by atoms with Gasteiger partial charge in [0.1, 0.15) is 0 Å². The number of halogens is 1. The molecule has 1 aliphatic heterocycles. The molecule has 1 aliphatic rings. The molecule has 0 bridgehead atoms. The van der Waals surface area contributed by atoms with Crippen molar-refractivity contribution in [3.05, 3.63) is 20.8 Å². The number of hydrogen-bond donors (Lipinski definition) is 1. The van der Waals surface area contributed by atoms with Crippen LogP contribution >= 0.6 is 27.3 Å². The van der Waals surface area contributed by atoms with E-state index < -0.39 is 0 Å². The minimum absolute atomic E-state index is 0.217. The molecule has 1 saturated heterocycles. The maximum absolute atomic E-state index is 12.2. The summed E-state index contributed by atoms with van der Waals surface area (Å²) in [5, 5.41) is 0. The van der Waals surface area contributed by atoms with Crippen LogP contribution in [0.15, 0.2) is 15.9 Å². The molecule has 2 rings (SSSR count). The zero-order chi connectivity index (χ0) is 12.3. The fourth-order valence-corrected chi connectivity index (χ4v) is 3.75. The Balaban J connectivity index is 1.98. The maximum Gasteiger partial charge on any atom is 0.228 e. The molecule has 1 unspecified atom stereocenters. The number of carbonyl (C=O) groups excluding carboxylic acids is 1. The Labute approximate surface area is 114 Å². The van der Waals surface area contributed by atoms with E-state index in [1.54, 1.807) is 11.3 Å². The second-order valence-corrected chi connectivity index (χ2v) is 6.90. The van der Waals surface area contributed by atoms with E-state index in [1.807, 2.05) is 17.0 Å². The van der Waals surface area contributed by atoms with Gasteiger partial charge in [-0.1, -0.05) is 0 Å².